The van der Waals surface area contributed by atoms with Gasteiger partial charge in [0.25, 0.3) is 5.91 Å². The Morgan fingerprint density at radius 1 is 1.55 bits per heavy atom. The van der Waals surface area contributed by atoms with E-state index in [0.29, 0.717) is 10.0 Å². The first-order chi connectivity index (χ1) is 10.5. The fourth-order valence-electron chi connectivity index (χ4n) is 2.91. The standard InChI is InChI=1S/C16H18BrNO4/c1-3-8-16(15(21)22-2)9-11(19)10-18(16)14(20)12-6-4-5-7-13(12)17/h3-7,11,19H,1,8-10H2,2H3/t11-,16-/m1/s1. The minimum absolute atomic E-state index is 0.0864. The summed E-state index contributed by atoms with van der Waals surface area (Å²) in [5.74, 6) is -0.861. The quantitative estimate of drug-likeness (QED) is 0.653. The molecule has 1 aromatic carbocycles. The number of rotatable bonds is 4. The molecule has 118 valence electrons. The number of halogens is 1. The predicted octanol–water partition coefficient (Wildman–Crippen LogP) is 2.14. The Hall–Kier alpha value is -1.66. The van der Waals surface area contributed by atoms with Crippen molar-refractivity contribution in [3.8, 4) is 0 Å². The van der Waals surface area contributed by atoms with Crippen molar-refractivity contribution in [2.24, 2.45) is 0 Å². The van der Waals surface area contributed by atoms with Crippen molar-refractivity contribution in [3.63, 3.8) is 0 Å². The zero-order valence-electron chi connectivity index (χ0n) is 12.3. The molecule has 0 saturated carbocycles. The van der Waals surface area contributed by atoms with E-state index in [4.69, 9.17) is 4.74 Å². The Morgan fingerprint density at radius 2 is 2.23 bits per heavy atom. The zero-order valence-corrected chi connectivity index (χ0v) is 13.9. The smallest absolute Gasteiger partial charge is 0.332 e. The number of nitrogens with zero attached hydrogens (tertiary/aromatic N) is 1. The van der Waals surface area contributed by atoms with E-state index >= 15 is 0 Å². The summed E-state index contributed by atoms with van der Waals surface area (Å²) in [6.07, 6.45) is 1.16. The van der Waals surface area contributed by atoms with Gasteiger partial charge in [0.15, 0.2) is 0 Å². The average molecular weight is 368 g/mol. The van der Waals surface area contributed by atoms with E-state index in [0.717, 1.165) is 0 Å². The number of β-amino-alcohol motifs (C(OH)–C–C–N with tert-alkyl or cyclic N) is 1. The maximum Gasteiger partial charge on any atom is 0.332 e. The number of amides is 1. The largest absolute Gasteiger partial charge is 0.467 e. The fourth-order valence-corrected chi connectivity index (χ4v) is 3.36. The van der Waals surface area contributed by atoms with Gasteiger partial charge in [-0.1, -0.05) is 18.2 Å². The molecule has 0 bridgehead atoms. The number of aliphatic hydroxyl groups excluding tert-OH is 1. The second-order valence-corrected chi connectivity index (χ2v) is 6.12. The molecule has 1 aliphatic heterocycles. The van der Waals surface area contributed by atoms with Gasteiger partial charge in [-0.05, 0) is 34.5 Å². The number of esters is 1. The molecule has 6 heteroatoms. The first-order valence-corrected chi connectivity index (χ1v) is 7.69. The van der Waals surface area contributed by atoms with E-state index in [9.17, 15) is 14.7 Å². The summed E-state index contributed by atoms with van der Waals surface area (Å²) in [6.45, 7) is 3.74. The van der Waals surface area contributed by atoms with Crippen molar-refractivity contribution >= 4 is 27.8 Å². The van der Waals surface area contributed by atoms with Crippen LogP contribution in [0.2, 0.25) is 0 Å². The Balaban J connectivity index is 2.46. The molecular formula is C16H18BrNO4. The van der Waals surface area contributed by atoms with Crippen LogP contribution in [0.5, 0.6) is 0 Å². The molecule has 1 aliphatic rings. The molecule has 0 aromatic heterocycles. The Morgan fingerprint density at radius 3 is 2.82 bits per heavy atom. The number of carbonyl (C=O) groups is 2. The Kier molecular flexibility index (Phi) is 5.03. The Bertz CT molecular complexity index is 604. The molecule has 1 N–H and O–H groups in total. The maximum absolute atomic E-state index is 12.9. The number of aliphatic hydroxyl groups is 1. The highest BCUT2D eigenvalue weighted by Gasteiger charge is 2.53. The fraction of sp³-hybridized carbons (Fsp3) is 0.375. The van der Waals surface area contributed by atoms with Crippen LogP contribution in [0.25, 0.3) is 0 Å². The maximum atomic E-state index is 12.9. The topological polar surface area (TPSA) is 66.8 Å². The predicted molar refractivity (Wildman–Crippen MR) is 85.4 cm³/mol. The van der Waals surface area contributed by atoms with Gasteiger partial charge in [-0.25, -0.2) is 4.79 Å². The lowest BCUT2D eigenvalue weighted by Crippen LogP contribution is -2.53. The highest BCUT2D eigenvalue weighted by molar-refractivity contribution is 9.10. The van der Waals surface area contributed by atoms with Gasteiger partial charge in [-0.15, -0.1) is 6.58 Å². The highest BCUT2D eigenvalue weighted by Crippen LogP contribution is 2.36. The van der Waals surface area contributed by atoms with Crippen LogP contribution < -0.4 is 0 Å². The van der Waals surface area contributed by atoms with Gasteiger partial charge >= 0.3 is 5.97 Å². The molecular weight excluding hydrogens is 350 g/mol. The third kappa shape index (κ3) is 2.80. The lowest BCUT2D eigenvalue weighted by Gasteiger charge is -2.35. The van der Waals surface area contributed by atoms with Gasteiger partial charge in [-0.2, -0.15) is 0 Å². The van der Waals surface area contributed by atoms with Crippen molar-refractivity contribution in [1.82, 2.24) is 4.90 Å². The van der Waals surface area contributed by atoms with Crippen LogP contribution in [-0.4, -0.2) is 47.2 Å². The molecule has 2 rings (SSSR count). The molecule has 0 radical (unpaired) electrons. The molecule has 1 saturated heterocycles. The van der Waals surface area contributed by atoms with Gasteiger partial charge in [0.05, 0.1) is 18.8 Å². The normalized spacial score (nSPS) is 24.1. The van der Waals surface area contributed by atoms with Crippen LogP contribution >= 0.6 is 15.9 Å². The van der Waals surface area contributed by atoms with E-state index in [1.165, 1.54) is 12.0 Å². The Labute approximate surface area is 137 Å². The van der Waals surface area contributed by atoms with Crippen molar-refractivity contribution in [3.05, 3.63) is 47.0 Å². The minimum Gasteiger partial charge on any atom is -0.467 e. The molecule has 1 fully saturated rings. The molecule has 0 aliphatic carbocycles. The van der Waals surface area contributed by atoms with Crippen molar-refractivity contribution in [2.45, 2.75) is 24.5 Å². The number of benzene rings is 1. The van der Waals surface area contributed by atoms with Crippen LogP contribution in [0.4, 0.5) is 0 Å². The molecule has 1 aromatic rings. The summed E-state index contributed by atoms with van der Waals surface area (Å²) >= 11 is 3.34. The summed E-state index contributed by atoms with van der Waals surface area (Å²) in [5.41, 5.74) is -0.767. The van der Waals surface area contributed by atoms with Gasteiger partial charge in [0.2, 0.25) is 0 Å². The van der Waals surface area contributed by atoms with Crippen LogP contribution in [0.3, 0.4) is 0 Å². The lowest BCUT2D eigenvalue weighted by molar-refractivity contribution is -0.152. The zero-order chi connectivity index (χ0) is 16.3. The SMILES string of the molecule is C=CC[C@]1(C(=O)OC)C[C@@H](O)CN1C(=O)c1ccccc1Br. The summed E-state index contributed by atoms with van der Waals surface area (Å²) in [5, 5.41) is 10.0. The second kappa shape index (κ2) is 6.62. The van der Waals surface area contributed by atoms with E-state index in [-0.39, 0.29) is 25.3 Å². The molecule has 5 nitrogen and oxygen atoms in total. The number of likely N-dealkylation sites (tertiary alicyclic amines) is 1. The molecule has 0 unspecified atom stereocenters. The number of methoxy groups -OCH3 is 1. The van der Waals surface area contributed by atoms with Gasteiger partial charge in [0.1, 0.15) is 5.54 Å². The molecule has 2 atom stereocenters. The van der Waals surface area contributed by atoms with Crippen molar-refractivity contribution in [1.29, 1.82) is 0 Å². The summed E-state index contributed by atoms with van der Waals surface area (Å²) < 4.78 is 5.52. The van der Waals surface area contributed by atoms with Crippen LogP contribution in [-0.2, 0) is 9.53 Å². The van der Waals surface area contributed by atoms with Crippen LogP contribution in [0.1, 0.15) is 23.2 Å². The van der Waals surface area contributed by atoms with Gasteiger partial charge in [-0.3, -0.25) is 4.79 Å². The lowest BCUT2D eigenvalue weighted by atomic mass is 9.90. The number of ether oxygens (including phenoxy) is 1. The van der Waals surface area contributed by atoms with E-state index in [1.54, 1.807) is 30.3 Å². The average Bonchev–Trinajstić information content (AvgIpc) is 2.84. The van der Waals surface area contributed by atoms with Gasteiger partial charge < -0.3 is 14.7 Å². The van der Waals surface area contributed by atoms with Crippen molar-refractivity contribution < 1.29 is 19.4 Å². The number of hydrogen-bond donors (Lipinski definition) is 1. The summed E-state index contributed by atoms with van der Waals surface area (Å²) in [7, 11) is 1.28. The van der Waals surface area contributed by atoms with Crippen LogP contribution in [0, 0.1) is 0 Å². The number of carbonyl (C=O) groups excluding carboxylic acids is 2. The monoisotopic (exact) mass is 367 g/mol. The van der Waals surface area contributed by atoms with Gasteiger partial charge in [0, 0.05) is 17.4 Å². The minimum atomic E-state index is -1.21. The van der Waals surface area contributed by atoms with E-state index < -0.39 is 17.6 Å². The highest BCUT2D eigenvalue weighted by atomic mass is 79.9. The van der Waals surface area contributed by atoms with E-state index in [2.05, 4.69) is 22.5 Å². The first-order valence-electron chi connectivity index (χ1n) is 6.90. The molecule has 1 amide bonds. The third-order valence-corrected chi connectivity index (χ3v) is 4.57. The number of hydrogen-bond acceptors (Lipinski definition) is 4. The van der Waals surface area contributed by atoms with E-state index in [1.807, 2.05) is 0 Å². The first kappa shape index (κ1) is 16.7. The van der Waals surface area contributed by atoms with Crippen molar-refractivity contribution in [2.75, 3.05) is 13.7 Å². The summed E-state index contributed by atoms with van der Waals surface area (Å²) in [4.78, 5) is 26.6. The second-order valence-electron chi connectivity index (χ2n) is 5.27. The third-order valence-electron chi connectivity index (χ3n) is 3.88. The molecule has 1 heterocycles. The molecule has 22 heavy (non-hydrogen) atoms. The molecule has 0 spiro atoms. The van der Waals surface area contributed by atoms with Crippen LogP contribution in [0.15, 0.2) is 41.4 Å². The summed E-state index contributed by atoms with van der Waals surface area (Å²) in [6, 6.07) is 6.98.